The van der Waals surface area contributed by atoms with Gasteiger partial charge in [0.05, 0.1) is 18.6 Å². The van der Waals surface area contributed by atoms with Gasteiger partial charge in [0, 0.05) is 13.1 Å². The van der Waals surface area contributed by atoms with Crippen LogP contribution >= 0.6 is 0 Å². The first-order valence-electron chi connectivity index (χ1n) is 5.30. The largest absolute Gasteiger partial charge is 0.391 e. The average molecular weight is 199 g/mol. The first-order chi connectivity index (χ1) is 6.66. The summed E-state index contributed by atoms with van der Waals surface area (Å²) in [5.74, 6) is 0.344. The van der Waals surface area contributed by atoms with Gasteiger partial charge in [0.1, 0.15) is 0 Å². The minimum Gasteiger partial charge on any atom is -0.391 e. The van der Waals surface area contributed by atoms with Crippen molar-refractivity contribution >= 4 is 5.91 Å². The molecule has 0 radical (unpaired) electrons. The van der Waals surface area contributed by atoms with Crippen molar-refractivity contribution in [2.45, 2.75) is 37.9 Å². The van der Waals surface area contributed by atoms with E-state index in [0.29, 0.717) is 19.0 Å². The molecule has 1 saturated heterocycles. The highest BCUT2D eigenvalue weighted by atomic mass is 16.3. The van der Waals surface area contributed by atoms with E-state index in [1.807, 2.05) is 0 Å². The fraction of sp³-hybridized carbons (Fsp3) is 0.900. The molecule has 14 heavy (non-hydrogen) atoms. The lowest BCUT2D eigenvalue weighted by molar-refractivity contribution is -0.129. The summed E-state index contributed by atoms with van der Waals surface area (Å²) in [6.45, 7) is 0.795. The van der Waals surface area contributed by atoms with E-state index in [-0.39, 0.29) is 12.3 Å². The molecule has 0 aromatic heterocycles. The van der Waals surface area contributed by atoms with Crippen LogP contribution in [0.3, 0.4) is 0 Å². The van der Waals surface area contributed by atoms with Gasteiger partial charge in [-0.3, -0.25) is 4.79 Å². The van der Waals surface area contributed by atoms with Crippen LogP contribution in [0, 0.1) is 5.92 Å². The van der Waals surface area contributed by atoms with E-state index < -0.39 is 12.2 Å². The molecule has 2 rings (SSSR count). The number of carbonyl (C=O) groups is 1. The van der Waals surface area contributed by atoms with Gasteiger partial charge in [-0.1, -0.05) is 6.42 Å². The van der Waals surface area contributed by atoms with E-state index in [1.165, 1.54) is 6.42 Å². The van der Waals surface area contributed by atoms with Crippen molar-refractivity contribution in [3.63, 3.8) is 0 Å². The molecule has 0 aromatic carbocycles. The zero-order chi connectivity index (χ0) is 10.1. The van der Waals surface area contributed by atoms with Gasteiger partial charge in [-0.05, 0) is 18.8 Å². The highest BCUT2D eigenvalue weighted by Gasteiger charge is 2.33. The van der Waals surface area contributed by atoms with Crippen molar-refractivity contribution in [3.8, 4) is 0 Å². The van der Waals surface area contributed by atoms with Gasteiger partial charge in [0.15, 0.2) is 0 Å². The number of aliphatic hydroxyl groups is 2. The molecule has 4 nitrogen and oxygen atoms in total. The van der Waals surface area contributed by atoms with Crippen molar-refractivity contribution in [2.24, 2.45) is 5.92 Å². The van der Waals surface area contributed by atoms with Gasteiger partial charge in [-0.15, -0.1) is 0 Å². The van der Waals surface area contributed by atoms with Crippen molar-refractivity contribution in [3.05, 3.63) is 0 Å². The van der Waals surface area contributed by atoms with Crippen LogP contribution in [0.5, 0.6) is 0 Å². The second-order valence-electron chi connectivity index (χ2n) is 4.42. The number of aliphatic hydroxyl groups excluding tert-OH is 2. The zero-order valence-corrected chi connectivity index (χ0v) is 8.22. The van der Waals surface area contributed by atoms with Crippen LogP contribution in [-0.4, -0.2) is 46.3 Å². The first-order valence-corrected chi connectivity index (χ1v) is 5.30. The Bertz CT molecular complexity index is 227. The Morgan fingerprint density at radius 3 is 2.64 bits per heavy atom. The highest BCUT2D eigenvalue weighted by molar-refractivity contribution is 5.79. The molecule has 80 valence electrons. The third-order valence-electron chi connectivity index (χ3n) is 3.30. The molecule has 4 heteroatoms. The van der Waals surface area contributed by atoms with Crippen LogP contribution in [0.15, 0.2) is 0 Å². The summed E-state index contributed by atoms with van der Waals surface area (Å²) in [5, 5.41) is 19.0. The van der Waals surface area contributed by atoms with Gasteiger partial charge < -0.3 is 15.1 Å². The number of nitrogens with zero attached hydrogens (tertiary/aromatic N) is 1. The third kappa shape index (κ3) is 1.91. The summed E-state index contributed by atoms with van der Waals surface area (Å²) in [6.07, 6.45) is 2.64. The minimum atomic E-state index is -0.531. The van der Waals surface area contributed by atoms with E-state index in [1.54, 1.807) is 4.90 Å². The van der Waals surface area contributed by atoms with Crippen LogP contribution < -0.4 is 0 Å². The fourth-order valence-electron chi connectivity index (χ4n) is 2.13. The highest BCUT2D eigenvalue weighted by Crippen LogP contribution is 2.30. The number of amides is 1. The van der Waals surface area contributed by atoms with Crippen molar-refractivity contribution in [1.29, 1.82) is 0 Å². The minimum absolute atomic E-state index is 0.0316. The molecule has 2 fully saturated rings. The SMILES string of the molecule is O=C1CC(O)CN1CC(O)C1CCC1. The normalized spacial score (nSPS) is 30.6. The summed E-state index contributed by atoms with van der Waals surface area (Å²) in [5.41, 5.74) is 0. The van der Waals surface area contributed by atoms with Crippen LogP contribution in [0.2, 0.25) is 0 Å². The van der Waals surface area contributed by atoms with Crippen LogP contribution in [-0.2, 0) is 4.79 Å². The maximum Gasteiger partial charge on any atom is 0.225 e. The molecular formula is C10H17NO3. The van der Waals surface area contributed by atoms with Crippen LogP contribution in [0.4, 0.5) is 0 Å². The quantitative estimate of drug-likeness (QED) is 0.658. The second kappa shape index (κ2) is 3.87. The molecule has 1 heterocycles. The molecule has 0 bridgehead atoms. The summed E-state index contributed by atoms with van der Waals surface area (Å²) < 4.78 is 0. The van der Waals surface area contributed by atoms with E-state index in [0.717, 1.165) is 12.8 Å². The summed E-state index contributed by atoms with van der Waals surface area (Å²) >= 11 is 0. The van der Waals surface area contributed by atoms with Crippen LogP contribution in [0.1, 0.15) is 25.7 Å². The molecule has 1 saturated carbocycles. The van der Waals surface area contributed by atoms with Gasteiger partial charge in [0.2, 0.25) is 5.91 Å². The van der Waals surface area contributed by atoms with Gasteiger partial charge in [-0.25, -0.2) is 0 Å². The number of hydrogen-bond donors (Lipinski definition) is 2. The Kier molecular flexibility index (Phi) is 2.74. The number of rotatable bonds is 3. The maximum atomic E-state index is 11.3. The molecule has 2 unspecified atom stereocenters. The summed E-state index contributed by atoms with van der Waals surface area (Å²) in [7, 11) is 0. The monoisotopic (exact) mass is 199 g/mol. The van der Waals surface area contributed by atoms with Crippen molar-refractivity contribution in [1.82, 2.24) is 4.90 Å². The molecule has 2 N–H and O–H groups in total. The Hall–Kier alpha value is -0.610. The summed E-state index contributed by atoms with van der Waals surface area (Å²) in [6, 6.07) is 0. The van der Waals surface area contributed by atoms with E-state index >= 15 is 0 Å². The molecule has 1 aliphatic carbocycles. The first kappa shape index (κ1) is 9.93. The maximum absolute atomic E-state index is 11.3. The number of hydrogen-bond acceptors (Lipinski definition) is 3. The number of likely N-dealkylation sites (tertiary alicyclic amines) is 1. The van der Waals surface area contributed by atoms with Gasteiger partial charge in [-0.2, -0.15) is 0 Å². The molecule has 0 aromatic rings. The lowest BCUT2D eigenvalue weighted by Gasteiger charge is -2.32. The van der Waals surface area contributed by atoms with Crippen molar-refractivity contribution in [2.75, 3.05) is 13.1 Å². The molecule has 1 aliphatic heterocycles. The standard InChI is InChI=1S/C10H17NO3/c12-8-4-10(14)11(5-8)6-9(13)7-2-1-3-7/h7-9,12-13H,1-6H2. The topological polar surface area (TPSA) is 60.8 Å². The lowest BCUT2D eigenvalue weighted by atomic mass is 9.81. The fourth-order valence-corrected chi connectivity index (χ4v) is 2.13. The number of carbonyl (C=O) groups excluding carboxylic acids is 1. The molecule has 2 aliphatic rings. The lowest BCUT2D eigenvalue weighted by Crippen LogP contribution is -2.39. The second-order valence-corrected chi connectivity index (χ2v) is 4.42. The van der Waals surface area contributed by atoms with Gasteiger partial charge in [0.25, 0.3) is 0 Å². The smallest absolute Gasteiger partial charge is 0.225 e. The predicted octanol–water partition coefficient (Wildman–Crippen LogP) is -0.259. The summed E-state index contributed by atoms with van der Waals surface area (Å²) in [4.78, 5) is 12.9. The van der Waals surface area contributed by atoms with Gasteiger partial charge >= 0.3 is 0 Å². The molecular weight excluding hydrogens is 182 g/mol. The van der Waals surface area contributed by atoms with Crippen LogP contribution in [0.25, 0.3) is 0 Å². The van der Waals surface area contributed by atoms with Crippen molar-refractivity contribution < 1.29 is 15.0 Å². The average Bonchev–Trinajstić information content (AvgIpc) is 2.26. The Balaban J connectivity index is 1.81. The molecule has 2 atom stereocenters. The Labute approximate surface area is 83.5 Å². The molecule has 0 spiro atoms. The molecule has 1 amide bonds. The van der Waals surface area contributed by atoms with E-state index in [4.69, 9.17) is 0 Å². The Morgan fingerprint density at radius 1 is 1.50 bits per heavy atom. The van der Waals surface area contributed by atoms with E-state index in [2.05, 4.69) is 0 Å². The third-order valence-corrected chi connectivity index (χ3v) is 3.30. The predicted molar refractivity (Wildman–Crippen MR) is 50.6 cm³/mol. The number of β-amino-alcohol motifs (C(OH)–C–C–N with tert-alkyl or cyclic N) is 2. The zero-order valence-electron chi connectivity index (χ0n) is 8.22. The Morgan fingerprint density at radius 2 is 2.21 bits per heavy atom. The van der Waals surface area contributed by atoms with E-state index in [9.17, 15) is 15.0 Å².